The molecule has 26 heavy (non-hydrogen) atoms. The Bertz CT molecular complexity index is 927. The average molecular weight is 374 g/mol. The van der Waals surface area contributed by atoms with Crippen molar-refractivity contribution >= 4 is 21.6 Å². The highest BCUT2D eigenvalue weighted by atomic mass is 32.2. The van der Waals surface area contributed by atoms with E-state index < -0.39 is 21.5 Å². The summed E-state index contributed by atoms with van der Waals surface area (Å²) in [6, 6.07) is 14.6. The molecule has 7 heteroatoms. The van der Waals surface area contributed by atoms with E-state index in [0.29, 0.717) is 24.9 Å². The lowest BCUT2D eigenvalue weighted by molar-refractivity contribution is -0.141. The highest BCUT2D eigenvalue weighted by Crippen LogP contribution is 2.29. The summed E-state index contributed by atoms with van der Waals surface area (Å²) in [5, 5.41) is 13.5. The summed E-state index contributed by atoms with van der Waals surface area (Å²) in [5.41, 5.74) is 1.92. The molecule has 3 N–H and O–H groups in total. The molecule has 2 aromatic rings. The standard InChI is InChI=1S/C19H22N2O4S/c1-26(24,25)21-17-8-4-5-14(11-17)13-20-18(22)19(23)10-9-15-6-2-3-7-16(15)12-19/h2-8,11,21,23H,9-10,12-13H2,1H3,(H,20,22). The first kappa shape index (κ1) is 18.4. The van der Waals surface area contributed by atoms with Crippen molar-refractivity contribution < 1.29 is 18.3 Å². The second-order valence-electron chi connectivity index (χ2n) is 6.73. The first-order valence-corrected chi connectivity index (χ1v) is 10.3. The van der Waals surface area contributed by atoms with Crippen molar-refractivity contribution in [1.82, 2.24) is 5.32 Å². The van der Waals surface area contributed by atoms with Gasteiger partial charge >= 0.3 is 0 Å². The molecule has 6 nitrogen and oxygen atoms in total. The van der Waals surface area contributed by atoms with E-state index in [-0.39, 0.29) is 6.54 Å². The quantitative estimate of drug-likeness (QED) is 0.741. The Morgan fingerprint density at radius 2 is 1.88 bits per heavy atom. The molecule has 0 heterocycles. The Labute approximate surface area is 153 Å². The molecule has 1 amide bonds. The lowest BCUT2D eigenvalue weighted by atomic mass is 9.80. The van der Waals surface area contributed by atoms with E-state index in [9.17, 15) is 18.3 Å². The van der Waals surface area contributed by atoms with Crippen LogP contribution < -0.4 is 10.0 Å². The normalized spacial score (nSPS) is 19.5. The molecule has 0 saturated carbocycles. The van der Waals surface area contributed by atoms with Gasteiger partial charge in [0.25, 0.3) is 5.91 Å². The van der Waals surface area contributed by atoms with Gasteiger partial charge < -0.3 is 10.4 Å². The molecule has 1 aliphatic rings. The fraction of sp³-hybridized carbons (Fsp3) is 0.316. The second-order valence-corrected chi connectivity index (χ2v) is 8.48. The van der Waals surface area contributed by atoms with Crippen LogP contribution in [0.1, 0.15) is 23.1 Å². The Kier molecular flexibility index (Phi) is 5.02. The molecular weight excluding hydrogens is 352 g/mol. The van der Waals surface area contributed by atoms with Gasteiger partial charge in [0.2, 0.25) is 10.0 Å². The van der Waals surface area contributed by atoms with E-state index in [0.717, 1.165) is 17.4 Å². The maximum Gasteiger partial charge on any atom is 0.252 e. The maximum absolute atomic E-state index is 12.5. The van der Waals surface area contributed by atoms with Gasteiger partial charge in [0.15, 0.2) is 0 Å². The molecular formula is C19H22N2O4S. The number of rotatable bonds is 5. The van der Waals surface area contributed by atoms with Gasteiger partial charge in [-0.25, -0.2) is 8.42 Å². The number of carbonyl (C=O) groups excluding carboxylic acids is 1. The van der Waals surface area contributed by atoms with Crippen molar-refractivity contribution in [3.05, 3.63) is 65.2 Å². The highest BCUT2D eigenvalue weighted by molar-refractivity contribution is 7.92. The Morgan fingerprint density at radius 1 is 1.15 bits per heavy atom. The molecule has 2 aromatic carbocycles. The molecule has 1 unspecified atom stereocenters. The van der Waals surface area contributed by atoms with Crippen LogP contribution in [0.25, 0.3) is 0 Å². The van der Waals surface area contributed by atoms with E-state index in [2.05, 4.69) is 10.0 Å². The Balaban J connectivity index is 1.65. The third-order valence-electron chi connectivity index (χ3n) is 4.52. The van der Waals surface area contributed by atoms with Crippen LogP contribution in [0.4, 0.5) is 5.69 Å². The summed E-state index contributed by atoms with van der Waals surface area (Å²) in [6.45, 7) is 0.210. The number of benzene rings is 2. The number of aliphatic hydroxyl groups is 1. The van der Waals surface area contributed by atoms with Crippen molar-refractivity contribution in [2.24, 2.45) is 0 Å². The van der Waals surface area contributed by atoms with E-state index >= 15 is 0 Å². The van der Waals surface area contributed by atoms with Gasteiger partial charge in [0.1, 0.15) is 5.60 Å². The fourth-order valence-corrected chi connectivity index (χ4v) is 3.77. The van der Waals surface area contributed by atoms with Crippen LogP contribution >= 0.6 is 0 Å². The average Bonchev–Trinajstić information content (AvgIpc) is 2.58. The Hall–Kier alpha value is -2.38. The number of hydrogen-bond acceptors (Lipinski definition) is 4. The molecule has 0 bridgehead atoms. The highest BCUT2D eigenvalue weighted by Gasteiger charge is 2.38. The van der Waals surface area contributed by atoms with E-state index in [1.807, 2.05) is 24.3 Å². The molecule has 0 saturated heterocycles. The first-order chi connectivity index (χ1) is 12.3. The van der Waals surface area contributed by atoms with Crippen molar-refractivity contribution in [2.75, 3.05) is 11.0 Å². The smallest absolute Gasteiger partial charge is 0.252 e. The minimum atomic E-state index is -3.36. The minimum Gasteiger partial charge on any atom is -0.380 e. The van der Waals surface area contributed by atoms with Crippen LogP contribution in [0.2, 0.25) is 0 Å². The van der Waals surface area contributed by atoms with E-state index in [1.165, 1.54) is 5.56 Å². The third kappa shape index (κ3) is 4.42. The molecule has 3 rings (SSSR count). The van der Waals surface area contributed by atoms with Crippen LogP contribution in [-0.2, 0) is 34.2 Å². The molecule has 0 fully saturated rings. The number of anilines is 1. The summed E-state index contributed by atoms with van der Waals surface area (Å²) >= 11 is 0. The maximum atomic E-state index is 12.5. The van der Waals surface area contributed by atoms with Crippen molar-refractivity contribution in [1.29, 1.82) is 0 Å². The number of aryl methyl sites for hydroxylation is 1. The second kappa shape index (κ2) is 7.09. The number of hydrogen-bond donors (Lipinski definition) is 3. The van der Waals surface area contributed by atoms with Gasteiger partial charge in [-0.1, -0.05) is 36.4 Å². The van der Waals surface area contributed by atoms with Crippen LogP contribution in [0.5, 0.6) is 0 Å². The van der Waals surface area contributed by atoms with Crippen LogP contribution in [-0.4, -0.2) is 31.3 Å². The summed E-state index contributed by atoms with van der Waals surface area (Å²) in [7, 11) is -3.36. The van der Waals surface area contributed by atoms with Crippen LogP contribution in [0.15, 0.2) is 48.5 Å². The molecule has 0 spiro atoms. The lowest BCUT2D eigenvalue weighted by Gasteiger charge is -2.32. The van der Waals surface area contributed by atoms with Gasteiger partial charge in [-0.2, -0.15) is 0 Å². The number of carbonyl (C=O) groups is 1. The monoisotopic (exact) mass is 374 g/mol. The van der Waals surface area contributed by atoms with Gasteiger partial charge in [-0.3, -0.25) is 9.52 Å². The fourth-order valence-electron chi connectivity index (χ4n) is 3.22. The van der Waals surface area contributed by atoms with Crippen LogP contribution in [0.3, 0.4) is 0 Å². The lowest BCUT2D eigenvalue weighted by Crippen LogP contribution is -2.50. The molecule has 1 aliphatic carbocycles. The van der Waals surface area contributed by atoms with Gasteiger partial charge in [0, 0.05) is 18.7 Å². The van der Waals surface area contributed by atoms with E-state index in [4.69, 9.17) is 0 Å². The summed E-state index contributed by atoms with van der Waals surface area (Å²) in [5.74, 6) is -0.409. The largest absolute Gasteiger partial charge is 0.380 e. The molecule has 1 atom stereocenters. The van der Waals surface area contributed by atoms with Gasteiger partial charge in [-0.05, 0) is 41.7 Å². The number of fused-ring (bicyclic) bond motifs is 1. The zero-order valence-corrected chi connectivity index (χ0v) is 15.3. The predicted octanol–water partition coefficient (Wildman–Crippen LogP) is 1.59. The third-order valence-corrected chi connectivity index (χ3v) is 5.12. The summed E-state index contributed by atoms with van der Waals surface area (Å²) in [6.07, 6.45) is 2.42. The van der Waals surface area contributed by atoms with Gasteiger partial charge in [0.05, 0.1) is 6.26 Å². The SMILES string of the molecule is CS(=O)(=O)Nc1cccc(CNC(=O)C2(O)CCc3ccccc3C2)c1. The molecule has 138 valence electrons. The Morgan fingerprint density at radius 3 is 2.62 bits per heavy atom. The van der Waals surface area contributed by atoms with Crippen LogP contribution in [0, 0.1) is 0 Å². The topological polar surface area (TPSA) is 95.5 Å². The molecule has 0 aliphatic heterocycles. The van der Waals surface area contributed by atoms with E-state index in [1.54, 1.807) is 24.3 Å². The zero-order valence-electron chi connectivity index (χ0n) is 14.5. The first-order valence-electron chi connectivity index (χ1n) is 8.39. The van der Waals surface area contributed by atoms with Gasteiger partial charge in [-0.15, -0.1) is 0 Å². The van der Waals surface area contributed by atoms with Crippen molar-refractivity contribution in [3.63, 3.8) is 0 Å². The van der Waals surface area contributed by atoms with Crippen molar-refractivity contribution in [3.8, 4) is 0 Å². The number of nitrogens with one attached hydrogen (secondary N) is 2. The predicted molar refractivity (Wildman–Crippen MR) is 100 cm³/mol. The zero-order chi connectivity index (χ0) is 18.8. The number of sulfonamides is 1. The summed E-state index contributed by atoms with van der Waals surface area (Å²) < 4.78 is 25.0. The summed E-state index contributed by atoms with van der Waals surface area (Å²) in [4.78, 5) is 12.5. The van der Waals surface area contributed by atoms with Crippen molar-refractivity contribution in [2.45, 2.75) is 31.4 Å². The molecule has 0 radical (unpaired) electrons. The minimum absolute atomic E-state index is 0.210. The molecule has 0 aromatic heterocycles. The number of amides is 1.